The van der Waals surface area contributed by atoms with Crippen LogP contribution in [0, 0.1) is 17.6 Å². The predicted molar refractivity (Wildman–Crippen MR) is 139 cm³/mol. The average molecular weight is 525 g/mol. The van der Waals surface area contributed by atoms with Gasteiger partial charge in [-0.2, -0.15) is 0 Å². The van der Waals surface area contributed by atoms with Gasteiger partial charge in [0.1, 0.15) is 11.9 Å². The van der Waals surface area contributed by atoms with Gasteiger partial charge in [-0.3, -0.25) is 0 Å². The zero-order valence-electron chi connectivity index (χ0n) is 20.4. The predicted octanol–water partition coefficient (Wildman–Crippen LogP) is 7.45. The molecule has 0 aliphatic heterocycles. The molecular weight excluding hydrogens is 498 g/mol. The number of esters is 1. The highest BCUT2D eigenvalue weighted by molar-refractivity contribution is 6.30. The second kappa shape index (κ2) is 10.9. The van der Waals surface area contributed by atoms with E-state index in [1.165, 1.54) is 0 Å². The minimum absolute atomic E-state index is 0.104. The fourth-order valence-electron chi connectivity index (χ4n) is 5.11. The molecule has 8 heteroatoms. The van der Waals surface area contributed by atoms with Gasteiger partial charge >= 0.3 is 5.97 Å². The number of carbonyl (C=O) groups is 1. The summed E-state index contributed by atoms with van der Waals surface area (Å²) < 4.78 is 42.9. The number of hydrogen-bond acceptors (Lipinski definition) is 4. The van der Waals surface area contributed by atoms with Crippen molar-refractivity contribution < 1.29 is 23.0 Å². The number of imidazole rings is 1. The van der Waals surface area contributed by atoms with E-state index in [1.54, 1.807) is 0 Å². The fraction of sp³-hybridized carbons (Fsp3) is 0.310. The van der Waals surface area contributed by atoms with E-state index in [0.29, 0.717) is 11.6 Å². The molecule has 1 heterocycles. The maximum atomic E-state index is 15.0. The number of rotatable bonds is 7. The Morgan fingerprint density at radius 1 is 1.05 bits per heavy atom. The van der Waals surface area contributed by atoms with Crippen molar-refractivity contribution in [3.63, 3.8) is 0 Å². The molecule has 0 saturated heterocycles. The summed E-state index contributed by atoms with van der Waals surface area (Å²) >= 11 is 6.12. The highest BCUT2D eigenvalue weighted by atomic mass is 35.5. The Balaban J connectivity index is 1.56. The zero-order valence-corrected chi connectivity index (χ0v) is 21.2. The summed E-state index contributed by atoms with van der Waals surface area (Å²) in [7, 11) is 1.16. The molecule has 1 saturated carbocycles. The van der Waals surface area contributed by atoms with Crippen LogP contribution in [-0.2, 0) is 11.3 Å². The molecule has 1 atom stereocenters. The molecule has 4 aromatic rings. The monoisotopic (exact) mass is 524 g/mol. The van der Waals surface area contributed by atoms with Gasteiger partial charge in [-0.25, -0.2) is 18.6 Å². The number of carbonyl (C=O) groups excluding carboxylic acids is 1. The van der Waals surface area contributed by atoms with Crippen molar-refractivity contribution in [2.75, 3.05) is 7.11 Å². The van der Waals surface area contributed by atoms with E-state index < -0.39 is 29.5 Å². The molecule has 5 nitrogen and oxygen atoms in total. The molecule has 1 aromatic heterocycles. The Bertz CT molecular complexity index is 1390. The van der Waals surface area contributed by atoms with E-state index >= 15 is 8.78 Å². The highest BCUT2D eigenvalue weighted by Gasteiger charge is 2.30. The van der Waals surface area contributed by atoms with Crippen LogP contribution in [0.5, 0.6) is 5.75 Å². The molecule has 3 aromatic carbocycles. The van der Waals surface area contributed by atoms with E-state index in [1.807, 2.05) is 48.5 Å². The molecule has 0 bridgehead atoms. The van der Waals surface area contributed by atoms with Gasteiger partial charge in [-0.05, 0) is 67.3 Å². The summed E-state index contributed by atoms with van der Waals surface area (Å²) in [6.45, 7) is 0.348. The molecule has 192 valence electrons. The third kappa shape index (κ3) is 5.32. The first-order valence-corrected chi connectivity index (χ1v) is 12.8. The average Bonchev–Trinajstić information content (AvgIpc) is 3.28. The van der Waals surface area contributed by atoms with Gasteiger partial charge < -0.3 is 14.0 Å². The van der Waals surface area contributed by atoms with Gasteiger partial charge in [-0.1, -0.05) is 43.0 Å². The lowest BCUT2D eigenvalue weighted by molar-refractivity contribution is 0.0598. The van der Waals surface area contributed by atoms with Crippen LogP contribution in [0.15, 0.2) is 60.7 Å². The number of ether oxygens (including phenoxy) is 2. The standard InChI is InChI=1S/C29H27ClF2N2O3/c1-36-29(35)20-15-22(31)27(23(32)16-20)37-26(18-7-3-2-4-8-18)17-34-25-10-6-5-9-24(25)33-28(34)19-11-13-21(30)14-12-19/h5-6,9-16,18,26H,2-4,7-8,17H2,1H3. The van der Waals surface area contributed by atoms with E-state index in [2.05, 4.69) is 9.30 Å². The van der Waals surface area contributed by atoms with Crippen LogP contribution in [0.2, 0.25) is 5.02 Å². The summed E-state index contributed by atoms with van der Waals surface area (Å²) in [5.41, 5.74) is 2.39. The van der Waals surface area contributed by atoms with Crippen molar-refractivity contribution in [3.05, 3.63) is 82.9 Å². The summed E-state index contributed by atoms with van der Waals surface area (Å²) in [4.78, 5) is 16.7. The highest BCUT2D eigenvalue weighted by Crippen LogP contribution is 2.34. The number of fused-ring (bicyclic) bond motifs is 1. The Morgan fingerprint density at radius 3 is 2.41 bits per heavy atom. The number of hydrogen-bond donors (Lipinski definition) is 0. The lowest BCUT2D eigenvalue weighted by atomic mass is 9.85. The first-order valence-electron chi connectivity index (χ1n) is 12.4. The summed E-state index contributed by atoms with van der Waals surface area (Å²) in [6.07, 6.45) is 4.48. The van der Waals surface area contributed by atoms with Gasteiger partial charge in [0.15, 0.2) is 17.4 Å². The molecule has 1 unspecified atom stereocenters. The second-order valence-electron chi connectivity index (χ2n) is 9.36. The largest absolute Gasteiger partial charge is 0.482 e. The topological polar surface area (TPSA) is 53.4 Å². The first-order chi connectivity index (χ1) is 17.9. The van der Waals surface area contributed by atoms with E-state index in [9.17, 15) is 4.79 Å². The molecule has 37 heavy (non-hydrogen) atoms. The van der Waals surface area contributed by atoms with Gasteiger partial charge in [0.2, 0.25) is 0 Å². The van der Waals surface area contributed by atoms with Crippen LogP contribution < -0.4 is 4.74 Å². The van der Waals surface area contributed by atoms with Crippen molar-refractivity contribution in [2.24, 2.45) is 5.92 Å². The minimum atomic E-state index is -0.936. The quantitative estimate of drug-likeness (QED) is 0.236. The normalized spacial score (nSPS) is 15.0. The lowest BCUT2D eigenvalue weighted by Crippen LogP contribution is -2.34. The Kier molecular flexibility index (Phi) is 7.42. The van der Waals surface area contributed by atoms with Gasteiger partial charge in [0, 0.05) is 10.6 Å². The van der Waals surface area contributed by atoms with Crippen LogP contribution >= 0.6 is 11.6 Å². The van der Waals surface area contributed by atoms with Crippen molar-refractivity contribution in [2.45, 2.75) is 44.8 Å². The van der Waals surface area contributed by atoms with Crippen molar-refractivity contribution in [1.29, 1.82) is 0 Å². The number of nitrogens with zero attached hydrogens (tertiary/aromatic N) is 2. The molecule has 0 amide bonds. The molecule has 1 aliphatic carbocycles. The number of para-hydroxylation sites is 2. The first kappa shape index (κ1) is 25.2. The smallest absolute Gasteiger partial charge is 0.338 e. The molecular formula is C29H27ClF2N2O3. The van der Waals surface area contributed by atoms with Crippen LogP contribution in [0.3, 0.4) is 0 Å². The van der Waals surface area contributed by atoms with Crippen LogP contribution in [0.4, 0.5) is 8.78 Å². The fourth-order valence-corrected chi connectivity index (χ4v) is 5.23. The van der Waals surface area contributed by atoms with E-state index in [4.69, 9.17) is 21.3 Å². The number of halogens is 3. The third-order valence-corrected chi connectivity index (χ3v) is 7.24. The molecule has 1 aliphatic rings. The third-order valence-electron chi connectivity index (χ3n) is 6.98. The Hall–Kier alpha value is -3.45. The van der Waals surface area contributed by atoms with E-state index in [0.717, 1.165) is 73.8 Å². The van der Waals surface area contributed by atoms with Crippen molar-refractivity contribution in [3.8, 4) is 17.1 Å². The molecule has 0 radical (unpaired) electrons. The summed E-state index contributed by atoms with van der Waals surface area (Å²) in [5.74, 6) is -2.34. The number of benzene rings is 3. The Labute approximate surface area is 219 Å². The molecule has 0 N–H and O–H groups in total. The van der Waals surface area contributed by atoms with Crippen LogP contribution in [0.1, 0.15) is 42.5 Å². The Morgan fingerprint density at radius 2 is 1.73 bits per heavy atom. The molecule has 0 spiro atoms. The zero-order chi connectivity index (χ0) is 25.9. The molecule has 5 rings (SSSR count). The SMILES string of the molecule is COC(=O)c1cc(F)c(OC(Cn2c(-c3ccc(Cl)cc3)nc3ccccc32)C2CCCCC2)c(F)c1. The van der Waals surface area contributed by atoms with Gasteiger partial charge in [0.05, 0.1) is 30.3 Å². The van der Waals surface area contributed by atoms with Crippen molar-refractivity contribution in [1.82, 2.24) is 9.55 Å². The van der Waals surface area contributed by atoms with Crippen LogP contribution in [0.25, 0.3) is 22.4 Å². The van der Waals surface area contributed by atoms with Crippen molar-refractivity contribution >= 4 is 28.6 Å². The molecule has 1 fully saturated rings. The lowest BCUT2D eigenvalue weighted by Gasteiger charge is -2.32. The second-order valence-corrected chi connectivity index (χ2v) is 9.79. The van der Waals surface area contributed by atoms with Gasteiger partial charge in [0.25, 0.3) is 0 Å². The number of methoxy groups -OCH3 is 1. The summed E-state index contributed by atoms with van der Waals surface area (Å²) in [5, 5.41) is 0.621. The van der Waals surface area contributed by atoms with Gasteiger partial charge in [-0.15, -0.1) is 0 Å². The van der Waals surface area contributed by atoms with E-state index in [-0.39, 0.29) is 11.5 Å². The number of aromatic nitrogens is 2. The summed E-state index contributed by atoms with van der Waals surface area (Å²) in [6, 6.07) is 17.1. The minimum Gasteiger partial charge on any atom is -0.482 e. The van der Waals surface area contributed by atoms with Crippen LogP contribution in [-0.4, -0.2) is 28.7 Å². The maximum absolute atomic E-state index is 15.0. The maximum Gasteiger partial charge on any atom is 0.338 e.